The largest absolute Gasteiger partial charge is 0.461 e. The SMILES string of the molecule is CCCCCOC(=O)c1n[nH]c(C(C)C)c1S(N)(=O)=O. The van der Waals surface area contributed by atoms with E-state index in [2.05, 4.69) is 10.2 Å². The molecule has 1 heterocycles. The lowest BCUT2D eigenvalue weighted by Crippen LogP contribution is -2.19. The van der Waals surface area contributed by atoms with Crippen molar-refractivity contribution in [1.82, 2.24) is 10.2 Å². The van der Waals surface area contributed by atoms with Crippen LogP contribution >= 0.6 is 0 Å². The Kier molecular flexibility index (Phi) is 5.70. The van der Waals surface area contributed by atoms with Gasteiger partial charge in [0.05, 0.1) is 12.3 Å². The van der Waals surface area contributed by atoms with Crippen LogP contribution in [0.2, 0.25) is 0 Å². The first kappa shape index (κ1) is 16.6. The van der Waals surface area contributed by atoms with E-state index in [0.717, 1.165) is 19.3 Å². The molecule has 0 amide bonds. The summed E-state index contributed by atoms with van der Waals surface area (Å²) in [6, 6.07) is 0. The van der Waals surface area contributed by atoms with E-state index >= 15 is 0 Å². The second-order valence-electron chi connectivity index (χ2n) is 4.86. The normalized spacial score (nSPS) is 11.8. The van der Waals surface area contributed by atoms with Gasteiger partial charge in [0.1, 0.15) is 4.90 Å². The van der Waals surface area contributed by atoms with E-state index in [9.17, 15) is 13.2 Å². The van der Waals surface area contributed by atoms with Gasteiger partial charge in [-0.05, 0) is 12.3 Å². The molecule has 0 atom stereocenters. The molecule has 8 heteroatoms. The van der Waals surface area contributed by atoms with Crippen molar-refractivity contribution in [3.63, 3.8) is 0 Å². The summed E-state index contributed by atoms with van der Waals surface area (Å²) in [4.78, 5) is 11.6. The van der Waals surface area contributed by atoms with Crippen molar-refractivity contribution in [3.8, 4) is 0 Å². The number of ether oxygens (including phenoxy) is 1. The van der Waals surface area contributed by atoms with Crippen LogP contribution in [0, 0.1) is 0 Å². The molecule has 0 aromatic carbocycles. The Balaban J connectivity index is 2.98. The third-order valence-corrected chi connectivity index (χ3v) is 3.77. The number of carbonyl (C=O) groups is 1. The zero-order chi connectivity index (χ0) is 15.3. The van der Waals surface area contributed by atoms with Crippen LogP contribution in [-0.2, 0) is 14.8 Å². The maximum Gasteiger partial charge on any atom is 0.360 e. The number of hydrogen-bond donors (Lipinski definition) is 2. The van der Waals surface area contributed by atoms with E-state index in [1.165, 1.54) is 0 Å². The van der Waals surface area contributed by atoms with Crippen LogP contribution in [0.5, 0.6) is 0 Å². The van der Waals surface area contributed by atoms with Crippen LogP contribution in [0.1, 0.15) is 62.1 Å². The van der Waals surface area contributed by atoms with Crippen molar-refractivity contribution in [2.24, 2.45) is 5.14 Å². The van der Waals surface area contributed by atoms with Crippen LogP contribution in [-0.4, -0.2) is 31.2 Å². The predicted octanol–water partition coefficient (Wildman–Crippen LogP) is 1.53. The summed E-state index contributed by atoms with van der Waals surface area (Å²) in [7, 11) is -4.04. The number of aromatic amines is 1. The van der Waals surface area contributed by atoms with Gasteiger partial charge in [0.15, 0.2) is 5.69 Å². The van der Waals surface area contributed by atoms with Gasteiger partial charge in [0.2, 0.25) is 10.0 Å². The van der Waals surface area contributed by atoms with Crippen molar-refractivity contribution in [3.05, 3.63) is 11.4 Å². The molecule has 1 rings (SSSR count). The molecule has 3 N–H and O–H groups in total. The maximum absolute atomic E-state index is 11.9. The average Bonchev–Trinajstić information content (AvgIpc) is 2.79. The second-order valence-corrected chi connectivity index (χ2v) is 6.36. The minimum Gasteiger partial charge on any atom is -0.461 e. The molecule has 0 aliphatic heterocycles. The highest BCUT2D eigenvalue weighted by Crippen LogP contribution is 2.24. The molecule has 1 aromatic heterocycles. The minimum atomic E-state index is -4.04. The van der Waals surface area contributed by atoms with Crippen molar-refractivity contribution in [2.45, 2.75) is 50.8 Å². The van der Waals surface area contributed by atoms with Crippen LogP contribution in [0.4, 0.5) is 0 Å². The van der Waals surface area contributed by atoms with Gasteiger partial charge >= 0.3 is 5.97 Å². The van der Waals surface area contributed by atoms with E-state index < -0.39 is 16.0 Å². The summed E-state index contributed by atoms with van der Waals surface area (Å²) in [5.41, 5.74) is 0.0423. The summed E-state index contributed by atoms with van der Waals surface area (Å²) in [6.07, 6.45) is 2.67. The standard InChI is InChI=1S/C12H21N3O4S/c1-4-5-6-7-19-12(16)10-11(20(13,17)18)9(8(2)3)14-15-10/h8H,4-7H2,1-3H3,(H,14,15)(H2,13,17,18). The molecule has 0 saturated carbocycles. The Morgan fingerprint density at radius 1 is 1.40 bits per heavy atom. The highest BCUT2D eigenvalue weighted by atomic mass is 32.2. The molecule has 0 unspecified atom stereocenters. The molecule has 114 valence electrons. The Morgan fingerprint density at radius 2 is 2.05 bits per heavy atom. The molecule has 0 radical (unpaired) electrons. The molecule has 0 fully saturated rings. The van der Waals surface area contributed by atoms with Crippen LogP contribution in [0.15, 0.2) is 4.90 Å². The maximum atomic E-state index is 11.9. The molecule has 0 bridgehead atoms. The van der Waals surface area contributed by atoms with Gasteiger partial charge in [0.25, 0.3) is 0 Å². The van der Waals surface area contributed by atoms with Gasteiger partial charge in [-0.2, -0.15) is 5.10 Å². The lowest BCUT2D eigenvalue weighted by Gasteiger charge is -2.06. The van der Waals surface area contributed by atoms with E-state index in [0.29, 0.717) is 5.69 Å². The van der Waals surface area contributed by atoms with E-state index in [1.54, 1.807) is 13.8 Å². The fourth-order valence-corrected chi connectivity index (χ4v) is 2.73. The summed E-state index contributed by atoms with van der Waals surface area (Å²) >= 11 is 0. The van der Waals surface area contributed by atoms with Crippen LogP contribution in [0.3, 0.4) is 0 Å². The van der Waals surface area contributed by atoms with Crippen molar-refractivity contribution in [2.75, 3.05) is 6.61 Å². The number of nitrogens with two attached hydrogens (primary N) is 1. The Morgan fingerprint density at radius 3 is 2.55 bits per heavy atom. The number of carbonyl (C=O) groups excluding carboxylic acids is 1. The van der Waals surface area contributed by atoms with E-state index in [4.69, 9.17) is 9.88 Å². The topological polar surface area (TPSA) is 115 Å². The van der Waals surface area contributed by atoms with E-state index in [-0.39, 0.29) is 23.1 Å². The fraction of sp³-hybridized carbons (Fsp3) is 0.667. The fourth-order valence-electron chi connectivity index (χ4n) is 1.75. The zero-order valence-corrected chi connectivity index (χ0v) is 12.8. The lowest BCUT2D eigenvalue weighted by atomic mass is 10.1. The molecule has 0 aliphatic carbocycles. The highest BCUT2D eigenvalue weighted by Gasteiger charge is 2.29. The van der Waals surface area contributed by atoms with Crippen LogP contribution < -0.4 is 5.14 Å². The number of esters is 1. The first-order chi connectivity index (χ1) is 9.29. The molecule has 0 saturated heterocycles. The molecular weight excluding hydrogens is 282 g/mol. The average molecular weight is 303 g/mol. The third-order valence-electron chi connectivity index (χ3n) is 2.78. The number of hydrogen-bond acceptors (Lipinski definition) is 5. The Bertz CT molecular complexity index is 563. The first-order valence-electron chi connectivity index (χ1n) is 6.57. The monoisotopic (exact) mass is 303 g/mol. The molecule has 20 heavy (non-hydrogen) atoms. The number of H-pyrrole nitrogens is 1. The number of nitrogens with zero attached hydrogens (tertiary/aromatic N) is 1. The van der Waals surface area contributed by atoms with Crippen molar-refractivity contribution < 1.29 is 17.9 Å². The van der Waals surface area contributed by atoms with Crippen molar-refractivity contribution >= 4 is 16.0 Å². The van der Waals surface area contributed by atoms with Gasteiger partial charge in [-0.1, -0.05) is 33.6 Å². The van der Waals surface area contributed by atoms with Crippen LogP contribution in [0.25, 0.3) is 0 Å². The summed E-state index contributed by atoms with van der Waals surface area (Å²) < 4.78 is 28.3. The molecule has 0 aliphatic rings. The number of rotatable bonds is 7. The zero-order valence-electron chi connectivity index (χ0n) is 12.0. The van der Waals surface area contributed by atoms with Gasteiger partial charge in [-0.25, -0.2) is 18.4 Å². The molecular formula is C12H21N3O4S. The number of sulfonamides is 1. The molecule has 1 aromatic rings. The molecule has 7 nitrogen and oxygen atoms in total. The number of primary sulfonamides is 1. The number of nitrogens with one attached hydrogen (secondary N) is 1. The van der Waals surface area contributed by atoms with Gasteiger partial charge in [0, 0.05) is 0 Å². The van der Waals surface area contributed by atoms with Gasteiger partial charge < -0.3 is 4.74 Å². The Labute approximate surface area is 118 Å². The smallest absolute Gasteiger partial charge is 0.360 e. The number of unbranched alkanes of at least 4 members (excludes halogenated alkanes) is 2. The summed E-state index contributed by atoms with van der Waals surface area (Å²) in [5.74, 6) is -0.925. The second kappa shape index (κ2) is 6.85. The number of aromatic nitrogens is 2. The Hall–Kier alpha value is -1.41. The predicted molar refractivity (Wildman–Crippen MR) is 73.9 cm³/mol. The highest BCUT2D eigenvalue weighted by molar-refractivity contribution is 7.89. The quantitative estimate of drug-likeness (QED) is 0.585. The molecule has 0 spiro atoms. The van der Waals surface area contributed by atoms with Gasteiger partial charge in [-0.15, -0.1) is 0 Å². The summed E-state index contributed by atoms with van der Waals surface area (Å²) in [6.45, 7) is 5.82. The van der Waals surface area contributed by atoms with E-state index in [1.807, 2.05) is 6.92 Å². The lowest BCUT2D eigenvalue weighted by molar-refractivity contribution is 0.0486. The summed E-state index contributed by atoms with van der Waals surface area (Å²) in [5, 5.41) is 11.5. The third kappa shape index (κ3) is 4.04. The van der Waals surface area contributed by atoms with Gasteiger partial charge in [-0.3, -0.25) is 5.10 Å². The minimum absolute atomic E-state index is 0.155. The van der Waals surface area contributed by atoms with Crippen molar-refractivity contribution in [1.29, 1.82) is 0 Å². The first-order valence-corrected chi connectivity index (χ1v) is 8.11.